The van der Waals surface area contributed by atoms with E-state index >= 15 is 0 Å². The molecule has 1 aromatic rings. The van der Waals surface area contributed by atoms with Gasteiger partial charge >= 0.3 is 12.0 Å². The standard InChI is InChI=1S/C11H13BrN2O5/c1-19-9-4-6(2-3-7(9)12)13-11(18)14-8(5-15)10(16)17/h2-4,8,15H,5H2,1H3,(H,16,17)(H2,13,14,18)/t8-/m0/s1. The van der Waals surface area contributed by atoms with Gasteiger partial charge in [-0.05, 0) is 28.1 Å². The molecule has 0 saturated heterocycles. The summed E-state index contributed by atoms with van der Waals surface area (Å²) >= 11 is 3.26. The Hall–Kier alpha value is -1.80. The third kappa shape index (κ3) is 4.42. The number of hydrogen-bond acceptors (Lipinski definition) is 4. The van der Waals surface area contributed by atoms with Crippen LogP contribution in [0.15, 0.2) is 22.7 Å². The molecule has 0 aliphatic rings. The summed E-state index contributed by atoms with van der Waals surface area (Å²) in [6.07, 6.45) is 0. The van der Waals surface area contributed by atoms with Gasteiger partial charge in [-0.1, -0.05) is 0 Å². The summed E-state index contributed by atoms with van der Waals surface area (Å²) in [7, 11) is 1.48. The smallest absolute Gasteiger partial charge is 0.328 e. The number of rotatable bonds is 5. The third-order valence-electron chi connectivity index (χ3n) is 2.19. The highest BCUT2D eigenvalue weighted by atomic mass is 79.9. The molecule has 0 aliphatic carbocycles. The fraction of sp³-hybridized carbons (Fsp3) is 0.273. The van der Waals surface area contributed by atoms with E-state index in [1.165, 1.54) is 7.11 Å². The normalized spacial score (nSPS) is 11.5. The van der Waals surface area contributed by atoms with Gasteiger partial charge in [-0.15, -0.1) is 0 Å². The predicted molar refractivity (Wildman–Crippen MR) is 71.4 cm³/mol. The SMILES string of the molecule is COc1cc(NC(=O)N[C@@H](CO)C(=O)O)ccc1Br. The Morgan fingerprint density at radius 1 is 1.47 bits per heavy atom. The lowest BCUT2D eigenvalue weighted by Crippen LogP contribution is -2.45. The second kappa shape index (κ2) is 6.95. The fourth-order valence-corrected chi connectivity index (χ4v) is 1.66. The molecule has 104 valence electrons. The number of halogens is 1. The van der Waals surface area contributed by atoms with Gasteiger partial charge < -0.3 is 25.6 Å². The molecular weight excluding hydrogens is 320 g/mol. The second-order valence-electron chi connectivity index (χ2n) is 3.52. The number of carbonyl (C=O) groups excluding carboxylic acids is 1. The van der Waals surface area contributed by atoms with Gasteiger partial charge in [0.2, 0.25) is 0 Å². The lowest BCUT2D eigenvalue weighted by Gasteiger charge is -2.13. The summed E-state index contributed by atoms with van der Waals surface area (Å²) in [6, 6.07) is 2.78. The molecule has 1 aromatic carbocycles. The lowest BCUT2D eigenvalue weighted by molar-refractivity contribution is -0.140. The van der Waals surface area contributed by atoms with E-state index < -0.39 is 24.6 Å². The number of urea groups is 1. The van der Waals surface area contributed by atoms with Gasteiger partial charge in [0.1, 0.15) is 5.75 Å². The Kier molecular flexibility index (Phi) is 5.58. The van der Waals surface area contributed by atoms with Gasteiger partial charge in [0.05, 0.1) is 18.2 Å². The first kappa shape index (κ1) is 15.3. The van der Waals surface area contributed by atoms with Crippen LogP contribution in [0.3, 0.4) is 0 Å². The van der Waals surface area contributed by atoms with Crippen LogP contribution >= 0.6 is 15.9 Å². The number of benzene rings is 1. The van der Waals surface area contributed by atoms with Crippen molar-refractivity contribution in [1.29, 1.82) is 0 Å². The number of hydrogen-bond donors (Lipinski definition) is 4. The van der Waals surface area contributed by atoms with Crippen LogP contribution in [0, 0.1) is 0 Å². The minimum atomic E-state index is -1.35. The number of aliphatic hydroxyl groups is 1. The van der Waals surface area contributed by atoms with Crippen LogP contribution in [0.2, 0.25) is 0 Å². The summed E-state index contributed by atoms with van der Waals surface area (Å²) in [4.78, 5) is 22.2. The number of nitrogens with one attached hydrogen (secondary N) is 2. The number of aliphatic carboxylic acids is 1. The van der Waals surface area contributed by atoms with E-state index in [9.17, 15) is 9.59 Å². The molecule has 0 radical (unpaired) electrons. The Bertz CT molecular complexity index is 480. The molecule has 0 heterocycles. The molecule has 0 saturated carbocycles. The van der Waals surface area contributed by atoms with E-state index in [-0.39, 0.29) is 0 Å². The summed E-state index contributed by atoms with van der Waals surface area (Å²) in [5, 5.41) is 22.0. The van der Waals surface area contributed by atoms with Crippen LogP contribution in [-0.4, -0.2) is 42.0 Å². The molecule has 1 atom stereocenters. The first-order valence-electron chi connectivity index (χ1n) is 5.22. The van der Waals surface area contributed by atoms with Crippen molar-refractivity contribution in [3.05, 3.63) is 22.7 Å². The van der Waals surface area contributed by atoms with Gasteiger partial charge in [-0.2, -0.15) is 0 Å². The van der Waals surface area contributed by atoms with Crippen LogP contribution in [0.4, 0.5) is 10.5 Å². The molecule has 19 heavy (non-hydrogen) atoms. The lowest BCUT2D eigenvalue weighted by atomic mass is 10.3. The highest BCUT2D eigenvalue weighted by Gasteiger charge is 2.18. The van der Waals surface area contributed by atoms with E-state index in [2.05, 4.69) is 26.6 Å². The Morgan fingerprint density at radius 2 is 2.16 bits per heavy atom. The molecule has 0 aliphatic heterocycles. The zero-order valence-electron chi connectivity index (χ0n) is 10.0. The van der Waals surface area contributed by atoms with E-state index in [4.69, 9.17) is 14.9 Å². The number of amides is 2. The van der Waals surface area contributed by atoms with E-state index in [1.807, 2.05) is 0 Å². The summed E-state index contributed by atoms with van der Waals surface area (Å²) in [5.41, 5.74) is 0.430. The molecule has 0 spiro atoms. The van der Waals surface area contributed by atoms with Gasteiger partial charge in [-0.3, -0.25) is 0 Å². The van der Waals surface area contributed by atoms with Crippen LogP contribution in [0.1, 0.15) is 0 Å². The average molecular weight is 333 g/mol. The van der Waals surface area contributed by atoms with Crippen LogP contribution in [0.5, 0.6) is 5.75 Å². The number of anilines is 1. The molecule has 0 unspecified atom stereocenters. The number of methoxy groups -OCH3 is 1. The van der Waals surface area contributed by atoms with E-state index in [0.29, 0.717) is 11.4 Å². The van der Waals surface area contributed by atoms with Gasteiger partial charge in [0.25, 0.3) is 0 Å². The number of aliphatic hydroxyl groups excluding tert-OH is 1. The number of carbonyl (C=O) groups is 2. The quantitative estimate of drug-likeness (QED) is 0.644. The van der Waals surface area contributed by atoms with Crippen molar-refractivity contribution < 1.29 is 24.5 Å². The molecule has 8 heteroatoms. The predicted octanol–water partition coefficient (Wildman–Crippen LogP) is 1.02. The Labute approximate surface area is 117 Å². The number of carboxylic acid groups (broad SMARTS) is 1. The van der Waals surface area contributed by atoms with Crippen molar-refractivity contribution in [1.82, 2.24) is 5.32 Å². The second-order valence-corrected chi connectivity index (χ2v) is 4.38. The van der Waals surface area contributed by atoms with Crippen molar-refractivity contribution in [2.75, 3.05) is 19.0 Å². The molecule has 1 rings (SSSR count). The molecule has 2 amide bonds. The summed E-state index contributed by atoms with van der Waals surface area (Å²) in [5.74, 6) is -0.791. The zero-order chi connectivity index (χ0) is 14.4. The maximum absolute atomic E-state index is 11.5. The van der Waals surface area contributed by atoms with Gasteiger partial charge in [-0.25, -0.2) is 9.59 Å². The molecular formula is C11H13BrN2O5. The molecule has 0 bridgehead atoms. The average Bonchev–Trinajstić information content (AvgIpc) is 2.37. The monoisotopic (exact) mass is 332 g/mol. The highest BCUT2D eigenvalue weighted by Crippen LogP contribution is 2.27. The number of carboxylic acids is 1. The molecule has 4 N–H and O–H groups in total. The largest absolute Gasteiger partial charge is 0.495 e. The van der Waals surface area contributed by atoms with Crippen molar-refractivity contribution in [3.8, 4) is 5.75 Å². The third-order valence-corrected chi connectivity index (χ3v) is 2.85. The van der Waals surface area contributed by atoms with E-state index in [0.717, 1.165) is 4.47 Å². The Balaban J connectivity index is 2.69. The van der Waals surface area contributed by atoms with Crippen molar-refractivity contribution in [2.45, 2.75) is 6.04 Å². The van der Waals surface area contributed by atoms with Gasteiger partial charge in [0, 0.05) is 11.8 Å². The van der Waals surface area contributed by atoms with Crippen LogP contribution in [-0.2, 0) is 4.79 Å². The summed E-state index contributed by atoms with van der Waals surface area (Å²) in [6.45, 7) is -0.688. The molecule has 0 aromatic heterocycles. The molecule has 0 fully saturated rings. The zero-order valence-corrected chi connectivity index (χ0v) is 11.6. The first-order valence-corrected chi connectivity index (χ1v) is 6.02. The van der Waals surface area contributed by atoms with Crippen LogP contribution < -0.4 is 15.4 Å². The van der Waals surface area contributed by atoms with Crippen molar-refractivity contribution in [3.63, 3.8) is 0 Å². The maximum Gasteiger partial charge on any atom is 0.328 e. The van der Waals surface area contributed by atoms with Crippen LogP contribution in [0.25, 0.3) is 0 Å². The first-order chi connectivity index (χ1) is 8.97. The van der Waals surface area contributed by atoms with Gasteiger partial charge in [0.15, 0.2) is 6.04 Å². The van der Waals surface area contributed by atoms with Crippen molar-refractivity contribution in [2.24, 2.45) is 0 Å². The maximum atomic E-state index is 11.5. The Morgan fingerprint density at radius 3 is 2.68 bits per heavy atom. The van der Waals surface area contributed by atoms with E-state index in [1.54, 1.807) is 18.2 Å². The minimum absolute atomic E-state index is 0.430. The highest BCUT2D eigenvalue weighted by molar-refractivity contribution is 9.10. The number of ether oxygens (including phenoxy) is 1. The van der Waals surface area contributed by atoms with Crippen molar-refractivity contribution >= 4 is 33.6 Å². The summed E-state index contributed by atoms with van der Waals surface area (Å²) < 4.78 is 5.78. The molecule has 7 nitrogen and oxygen atoms in total. The topological polar surface area (TPSA) is 108 Å². The fourth-order valence-electron chi connectivity index (χ4n) is 1.25. The minimum Gasteiger partial charge on any atom is -0.495 e.